The van der Waals surface area contributed by atoms with Crippen molar-refractivity contribution in [1.29, 1.82) is 0 Å². The highest BCUT2D eigenvalue weighted by molar-refractivity contribution is 4.49. The largest absolute Gasteiger partial charge is 0.381 e. The minimum absolute atomic E-state index is 0.343. The number of unbranched alkanes of at least 4 members (excludes halogenated alkanes) is 13. The average molecular weight is 343 g/mol. The third kappa shape index (κ3) is 21.9. The molecule has 0 aromatic carbocycles. The van der Waals surface area contributed by atoms with E-state index in [0.29, 0.717) is 6.10 Å². The van der Waals surface area contributed by atoms with Gasteiger partial charge in [-0.15, -0.1) is 0 Å². The van der Waals surface area contributed by atoms with Crippen molar-refractivity contribution in [1.82, 2.24) is 0 Å². The van der Waals surface area contributed by atoms with Gasteiger partial charge in [0.05, 0.1) is 6.10 Å². The van der Waals surface area contributed by atoms with E-state index in [4.69, 9.17) is 9.47 Å². The van der Waals surface area contributed by atoms with Crippen LogP contribution < -0.4 is 0 Å². The Bertz CT molecular complexity index is 216. The van der Waals surface area contributed by atoms with E-state index in [1.807, 2.05) is 0 Å². The van der Waals surface area contributed by atoms with Crippen LogP contribution >= 0.6 is 0 Å². The van der Waals surface area contributed by atoms with Crippen molar-refractivity contribution in [3.63, 3.8) is 0 Å². The van der Waals surface area contributed by atoms with Crippen LogP contribution in [0.5, 0.6) is 0 Å². The molecule has 0 aliphatic rings. The van der Waals surface area contributed by atoms with Gasteiger partial charge in [0.2, 0.25) is 0 Å². The Morgan fingerprint density at radius 1 is 0.500 bits per heavy atom. The lowest BCUT2D eigenvalue weighted by molar-refractivity contribution is 0.0507. The quantitative estimate of drug-likeness (QED) is 0.216. The van der Waals surface area contributed by atoms with Gasteiger partial charge in [-0.3, -0.25) is 0 Å². The third-order valence-electron chi connectivity index (χ3n) is 4.53. The normalized spacial score (nSPS) is 11.5. The summed E-state index contributed by atoms with van der Waals surface area (Å²) in [5, 5.41) is 0. The Hall–Kier alpha value is -0.0800. The summed E-state index contributed by atoms with van der Waals surface area (Å²) < 4.78 is 11.1. The predicted molar refractivity (Wildman–Crippen MR) is 107 cm³/mol. The lowest BCUT2D eigenvalue weighted by Gasteiger charge is -2.07. The molecule has 0 saturated heterocycles. The predicted octanol–water partition coefficient (Wildman–Crippen LogP) is 7.30. The van der Waals surface area contributed by atoms with E-state index in [1.54, 1.807) is 0 Å². The minimum Gasteiger partial charge on any atom is -0.381 e. The second-order valence-corrected chi connectivity index (χ2v) is 7.48. The van der Waals surface area contributed by atoms with E-state index >= 15 is 0 Å². The summed E-state index contributed by atoms with van der Waals surface area (Å²) in [5.41, 5.74) is 0. The van der Waals surface area contributed by atoms with Crippen molar-refractivity contribution >= 4 is 0 Å². The second kappa shape index (κ2) is 21.0. The van der Waals surface area contributed by atoms with Crippen molar-refractivity contribution < 1.29 is 9.47 Å². The zero-order valence-corrected chi connectivity index (χ0v) is 17.1. The van der Waals surface area contributed by atoms with Crippen LogP contribution in [0.4, 0.5) is 0 Å². The molecule has 0 atom stereocenters. The summed E-state index contributed by atoms with van der Waals surface area (Å²) in [4.78, 5) is 0. The van der Waals surface area contributed by atoms with E-state index < -0.39 is 0 Å². The minimum atomic E-state index is 0.343. The van der Waals surface area contributed by atoms with E-state index in [2.05, 4.69) is 20.8 Å². The first-order valence-corrected chi connectivity index (χ1v) is 11.0. The van der Waals surface area contributed by atoms with Gasteiger partial charge < -0.3 is 9.47 Å². The molecule has 0 aromatic rings. The van der Waals surface area contributed by atoms with E-state index in [0.717, 1.165) is 26.2 Å². The van der Waals surface area contributed by atoms with Gasteiger partial charge in [-0.25, -0.2) is 0 Å². The van der Waals surface area contributed by atoms with Crippen LogP contribution in [-0.2, 0) is 9.47 Å². The summed E-state index contributed by atoms with van der Waals surface area (Å²) in [6, 6.07) is 0. The monoisotopic (exact) mass is 342 g/mol. The molecule has 0 radical (unpaired) electrons. The van der Waals surface area contributed by atoms with Gasteiger partial charge in [0.15, 0.2) is 0 Å². The molecule has 0 fully saturated rings. The molecule has 0 heterocycles. The lowest BCUT2D eigenvalue weighted by atomic mass is 10.0. The third-order valence-corrected chi connectivity index (χ3v) is 4.53. The molecule has 0 rings (SSSR count). The molecule has 0 saturated carbocycles. The van der Waals surface area contributed by atoms with Crippen molar-refractivity contribution in [2.75, 3.05) is 19.8 Å². The molecule has 146 valence electrons. The average Bonchev–Trinajstić information content (AvgIpc) is 2.56. The molecule has 2 heteroatoms. The Balaban J connectivity index is 2.95. The van der Waals surface area contributed by atoms with Crippen molar-refractivity contribution in [2.45, 2.75) is 123 Å². The summed E-state index contributed by atoms with van der Waals surface area (Å²) in [5.74, 6) is 0. The summed E-state index contributed by atoms with van der Waals surface area (Å²) in [6.07, 6.45) is 21.1. The number of hydrogen-bond donors (Lipinski definition) is 0. The zero-order chi connectivity index (χ0) is 17.7. The first-order chi connectivity index (χ1) is 11.8. The van der Waals surface area contributed by atoms with Crippen molar-refractivity contribution in [3.05, 3.63) is 0 Å². The molecule has 0 N–H and O–H groups in total. The van der Waals surface area contributed by atoms with Crippen LogP contribution in [0.15, 0.2) is 0 Å². The summed E-state index contributed by atoms with van der Waals surface area (Å²) in [7, 11) is 0. The fourth-order valence-corrected chi connectivity index (χ4v) is 2.98. The van der Waals surface area contributed by atoms with E-state index in [-0.39, 0.29) is 0 Å². The Morgan fingerprint density at radius 3 is 1.38 bits per heavy atom. The molecule has 0 amide bonds. The van der Waals surface area contributed by atoms with Gasteiger partial charge in [0, 0.05) is 19.8 Å². The Morgan fingerprint density at radius 2 is 0.917 bits per heavy atom. The smallest absolute Gasteiger partial charge is 0.0518 e. The highest BCUT2D eigenvalue weighted by Gasteiger charge is 1.95. The van der Waals surface area contributed by atoms with Crippen LogP contribution in [0.25, 0.3) is 0 Å². The van der Waals surface area contributed by atoms with E-state index in [1.165, 1.54) is 89.9 Å². The first kappa shape index (κ1) is 23.9. The molecule has 0 bridgehead atoms. The highest BCUT2D eigenvalue weighted by Crippen LogP contribution is 2.12. The topological polar surface area (TPSA) is 18.5 Å². The maximum atomic E-state index is 5.64. The SMILES string of the molecule is CCCCCCCCCCCCCCCCOCCCOC(C)C. The van der Waals surface area contributed by atoms with Crippen LogP contribution in [0.3, 0.4) is 0 Å². The molecule has 0 unspecified atom stereocenters. The van der Waals surface area contributed by atoms with Gasteiger partial charge in [0.25, 0.3) is 0 Å². The van der Waals surface area contributed by atoms with Gasteiger partial charge in [-0.05, 0) is 26.7 Å². The summed E-state index contributed by atoms with van der Waals surface area (Å²) in [6.45, 7) is 9.06. The molecule has 0 aliphatic heterocycles. The molecule has 24 heavy (non-hydrogen) atoms. The first-order valence-electron chi connectivity index (χ1n) is 11.0. The Labute approximate surface area is 153 Å². The van der Waals surface area contributed by atoms with Crippen molar-refractivity contribution in [2.24, 2.45) is 0 Å². The van der Waals surface area contributed by atoms with Gasteiger partial charge in [-0.1, -0.05) is 90.4 Å². The maximum absolute atomic E-state index is 5.64. The second-order valence-electron chi connectivity index (χ2n) is 7.48. The molecular formula is C22H46O2. The maximum Gasteiger partial charge on any atom is 0.0518 e. The number of hydrogen-bond acceptors (Lipinski definition) is 2. The van der Waals surface area contributed by atoms with Crippen LogP contribution in [-0.4, -0.2) is 25.9 Å². The van der Waals surface area contributed by atoms with Gasteiger partial charge in [-0.2, -0.15) is 0 Å². The number of rotatable bonds is 20. The molecule has 0 aromatic heterocycles. The molecule has 0 aliphatic carbocycles. The van der Waals surface area contributed by atoms with E-state index in [9.17, 15) is 0 Å². The zero-order valence-electron chi connectivity index (χ0n) is 17.1. The fraction of sp³-hybridized carbons (Fsp3) is 1.00. The molecule has 0 spiro atoms. The Kier molecular flexibility index (Phi) is 20.9. The fourth-order valence-electron chi connectivity index (χ4n) is 2.98. The highest BCUT2D eigenvalue weighted by atomic mass is 16.5. The lowest BCUT2D eigenvalue weighted by Crippen LogP contribution is -2.07. The van der Waals surface area contributed by atoms with Crippen LogP contribution in [0.2, 0.25) is 0 Å². The van der Waals surface area contributed by atoms with Gasteiger partial charge >= 0.3 is 0 Å². The standard InChI is InChI=1S/C22H46O2/c1-4-5-6-7-8-9-10-11-12-13-14-15-16-17-19-23-20-18-21-24-22(2)3/h22H,4-21H2,1-3H3. The van der Waals surface area contributed by atoms with Crippen molar-refractivity contribution in [3.8, 4) is 0 Å². The van der Waals surface area contributed by atoms with Crippen LogP contribution in [0.1, 0.15) is 117 Å². The molecular weight excluding hydrogens is 296 g/mol. The molecule has 2 nitrogen and oxygen atoms in total. The van der Waals surface area contributed by atoms with Crippen LogP contribution in [0, 0.1) is 0 Å². The summed E-state index contributed by atoms with van der Waals surface area (Å²) >= 11 is 0. The van der Waals surface area contributed by atoms with Gasteiger partial charge in [0.1, 0.15) is 0 Å². The number of ether oxygens (including phenoxy) is 2.